The SMILES string of the molecule is COCCCN(C)c1ccc(F)cc1C(=N)N. The fourth-order valence-corrected chi connectivity index (χ4v) is 1.62. The van der Waals surface area contributed by atoms with Gasteiger partial charge in [0.25, 0.3) is 0 Å². The Morgan fingerprint density at radius 1 is 1.53 bits per heavy atom. The quantitative estimate of drug-likeness (QED) is 0.450. The van der Waals surface area contributed by atoms with Crippen LogP contribution in [0, 0.1) is 11.2 Å². The molecule has 0 aromatic heterocycles. The molecule has 0 amide bonds. The van der Waals surface area contributed by atoms with Crippen molar-refractivity contribution in [2.75, 3.05) is 32.2 Å². The topological polar surface area (TPSA) is 62.3 Å². The lowest BCUT2D eigenvalue weighted by Crippen LogP contribution is -2.24. The minimum absolute atomic E-state index is 0.127. The Bertz CT molecular complexity index is 395. The Labute approximate surface area is 101 Å². The smallest absolute Gasteiger partial charge is 0.125 e. The van der Waals surface area contributed by atoms with E-state index in [0.29, 0.717) is 12.2 Å². The van der Waals surface area contributed by atoms with Crippen molar-refractivity contribution in [1.82, 2.24) is 0 Å². The molecule has 0 unspecified atom stereocenters. The van der Waals surface area contributed by atoms with Crippen molar-refractivity contribution < 1.29 is 9.13 Å². The molecule has 3 N–H and O–H groups in total. The molecule has 17 heavy (non-hydrogen) atoms. The molecule has 0 aliphatic carbocycles. The van der Waals surface area contributed by atoms with Gasteiger partial charge >= 0.3 is 0 Å². The second-order valence-electron chi connectivity index (χ2n) is 3.84. The van der Waals surface area contributed by atoms with Gasteiger partial charge in [-0.3, -0.25) is 5.41 Å². The Hall–Kier alpha value is -1.62. The standard InChI is InChI=1S/C12H18FN3O/c1-16(6-3-7-17-2)11-5-4-9(13)8-10(11)12(14)15/h4-5,8H,3,6-7H2,1-2H3,(H3,14,15). The van der Waals surface area contributed by atoms with Gasteiger partial charge in [0, 0.05) is 38.6 Å². The molecule has 94 valence electrons. The summed E-state index contributed by atoms with van der Waals surface area (Å²) in [6.45, 7) is 1.43. The number of nitrogen functional groups attached to an aromatic ring is 1. The first-order valence-electron chi connectivity index (χ1n) is 5.40. The molecule has 0 aliphatic rings. The van der Waals surface area contributed by atoms with E-state index in [1.165, 1.54) is 12.1 Å². The summed E-state index contributed by atoms with van der Waals surface area (Å²) < 4.78 is 18.1. The molecule has 0 bridgehead atoms. The number of nitrogens with zero attached hydrogens (tertiary/aromatic N) is 1. The zero-order chi connectivity index (χ0) is 12.8. The molecular weight excluding hydrogens is 221 g/mol. The number of amidine groups is 1. The molecule has 0 spiro atoms. The summed E-state index contributed by atoms with van der Waals surface area (Å²) in [6.07, 6.45) is 0.863. The zero-order valence-corrected chi connectivity index (χ0v) is 10.2. The summed E-state index contributed by atoms with van der Waals surface area (Å²) in [5, 5.41) is 7.44. The second-order valence-corrected chi connectivity index (χ2v) is 3.84. The van der Waals surface area contributed by atoms with E-state index in [1.807, 2.05) is 11.9 Å². The van der Waals surface area contributed by atoms with Gasteiger partial charge in [-0.15, -0.1) is 0 Å². The number of anilines is 1. The summed E-state index contributed by atoms with van der Waals surface area (Å²) in [5.74, 6) is -0.512. The van der Waals surface area contributed by atoms with Crippen molar-refractivity contribution in [1.29, 1.82) is 5.41 Å². The van der Waals surface area contributed by atoms with Crippen molar-refractivity contribution in [3.05, 3.63) is 29.6 Å². The number of methoxy groups -OCH3 is 1. The first kappa shape index (κ1) is 13.4. The monoisotopic (exact) mass is 239 g/mol. The minimum atomic E-state index is -0.385. The number of rotatable bonds is 6. The molecule has 0 radical (unpaired) electrons. The summed E-state index contributed by atoms with van der Waals surface area (Å²) in [5.41, 5.74) is 6.62. The maximum absolute atomic E-state index is 13.1. The minimum Gasteiger partial charge on any atom is -0.385 e. The lowest BCUT2D eigenvalue weighted by molar-refractivity contribution is 0.196. The van der Waals surface area contributed by atoms with Gasteiger partial charge in [-0.2, -0.15) is 0 Å². The summed E-state index contributed by atoms with van der Waals surface area (Å²) in [6, 6.07) is 4.29. The average Bonchev–Trinajstić information content (AvgIpc) is 2.29. The number of hydrogen-bond acceptors (Lipinski definition) is 3. The lowest BCUT2D eigenvalue weighted by Gasteiger charge is -2.22. The predicted octanol–water partition coefficient (Wildman–Crippen LogP) is 1.58. The lowest BCUT2D eigenvalue weighted by atomic mass is 10.1. The van der Waals surface area contributed by atoms with Gasteiger partial charge in [0.1, 0.15) is 11.7 Å². The van der Waals surface area contributed by atoms with E-state index in [2.05, 4.69) is 0 Å². The van der Waals surface area contributed by atoms with Gasteiger partial charge in [0.15, 0.2) is 0 Å². The van der Waals surface area contributed by atoms with Crippen LogP contribution in [0.4, 0.5) is 10.1 Å². The molecule has 1 rings (SSSR count). The van der Waals surface area contributed by atoms with Crippen molar-refractivity contribution >= 4 is 11.5 Å². The fourth-order valence-electron chi connectivity index (χ4n) is 1.62. The first-order chi connectivity index (χ1) is 8.06. The van der Waals surface area contributed by atoms with Crippen LogP contribution in [0.15, 0.2) is 18.2 Å². The Balaban J connectivity index is 2.84. The fraction of sp³-hybridized carbons (Fsp3) is 0.417. The van der Waals surface area contributed by atoms with Crippen molar-refractivity contribution in [2.24, 2.45) is 5.73 Å². The van der Waals surface area contributed by atoms with Crippen LogP contribution in [-0.4, -0.2) is 33.1 Å². The highest BCUT2D eigenvalue weighted by Crippen LogP contribution is 2.20. The molecule has 0 fully saturated rings. The highest BCUT2D eigenvalue weighted by Gasteiger charge is 2.10. The third kappa shape index (κ3) is 3.71. The molecule has 0 saturated heterocycles. The van der Waals surface area contributed by atoms with Gasteiger partial charge in [0.05, 0.1) is 0 Å². The molecule has 0 saturated carbocycles. The van der Waals surface area contributed by atoms with E-state index in [-0.39, 0.29) is 11.7 Å². The van der Waals surface area contributed by atoms with Crippen LogP contribution in [-0.2, 0) is 4.74 Å². The number of halogens is 1. The normalized spacial score (nSPS) is 10.3. The number of nitrogens with one attached hydrogen (secondary N) is 1. The van der Waals surface area contributed by atoms with Crippen molar-refractivity contribution in [3.63, 3.8) is 0 Å². The van der Waals surface area contributed by atoms with Gasteiger partial charge in [-0.05, 0) is 24.6 Å². The average molecular weight is 239 g/mol. The first-order valence-corrected chi connectivity index (χ1v) is 5.40. The molecule has 0 heterocycles. The Kier molecular flexibility index (Phi) is 4.90. The Morgan fingerprint density at radius 2 is 2.24 bits per heavy atom. The number of ether oxygens (including phenoxy) is 1. The van der Waals surface area contributed by atoms with E-state index >= 15 is 0 Å². The summed E-state index contributed by atoms with van der Waals surface area (Å²) >= 11 is 0. The van der Waals surface area contributed by atoms with Crippen molar-refractivity contribution in [2.45, 2.75) is 6.42 Å². The molecule has 1 aromatic carbocycles. The third-order valence-corrected chi connectivity index (χ3v) is 2.50. The van der Waals surface area contributed by atoms with E-state index in [0.717, 1.165) is 18.7 Å². The number of nitrogens with two attached hydrogens (primary N) is 1. The Morgan fingerprint density at radius 3 is 2.82 bits per heavy atom. The van der Waals surface area contributed by atoms with Crippen molar-refractivity contribution in [3.8, 4) is 0 Å². The highest BCUT2D eigenvalue weighted by atomic mass is 19.1. The summed E-state index contributed by atoms with van der Waals surface area (Å²) in [7, 11) is 3.54. The molecule has 5 heteroatoms. The van der Waals surface area contributed by atoms with Gasteiger partial charge < -0.3 is 15.4 Å². The van der Waals surface area contributed by atoms with E-state index in [9.17, 15) is 4.39 Å². The number of benzene rings is 1. The van der Waals surface area contributed by atoms with Crippen LogP contribution in [0.25, 0.3) is 0 Å². The largest absolute Gasteiger partial charge is 0.385 e. The summed E-state index contributed by atoms with van der Waals surface area (Å²) in [4.78, 5) is 1.94. The van der Waals surface area contributed by atoms with E-state index < -0.39 is 0 Å². The maximum atomic E-state index is 13.1. The van der Waals surface area contributed by atoms with Crippen LogP contribution in [0.1, 0.15) is 12.0 Å². The molecule has 1 aromatic rings. The number of hydrogen-bond donors (Lipinski definition) is 2. The molecule has 0 atom stereocenters. The van der Waals surface area contributed by atoms with E-state index in [4.69, 9.17) is 15.9 Å². The van der Waals surface area contributed by atoms with Crippen LogP contribution in [0.3, 0.4) is 0 Å². The van der Waals surface area contributed by atoms with Crippen LogP contribution in [0.5, 0.6) is 0 Å². The second kappa shape index (κ2) is 6.20. The van der Waals surface area contributed by atoms with Crippen LogP contribution >= 0.6 is 0 Å². The van der Waals surface area contributed by atoms with Gasteiger partial charge in [-0.25, -0.2) is 4.39 Å². The van der Waals surface area contributed by atoms with Gasteiger partial charge in [-0.1, -0.05) is 0 Å². The zero-order valence-electron chi connectivity index (χ0n) is 10.2. The molecular formula is C12H18FN3O. The van der Waals surface area contributed by atoms with Crippen LogP contribution < -0.4 is 10.6 Å². The predicted molar refractivity (Wildman–Crippen MR) is 67.2 cm³/mol. The van der Waals surface area contributed by atoms with E-state index in [1.54, 1.807) is 13.2 Å². The third-order valence-electron chi connectivity index (χ3n) is 2.50. The van der Waals surface area contributed by atoms with Crippen LogP contribution in [0.2, 0.25) is 0 Å². The van der Waals surface area contributed by atoms with Gasteiger partial charge in [0.2, 0.25) is 0 Å². The highest BCUT2D eigenvalue weighted by molar-refractivity contribution is 6.00. The molecule has 4 nitrogen and oxygen atoms in total. The maximum Gasteiger partial charge on any atom is 0.125 e. The molecule has 0 aliphatic heterocycles.